The molecule has 0 saturated carbocycles. The van der Waals surface area contributed by atoms with Crippen LogP contribution in [-0.2, 0) is 9.59 Å². The maximum atomic E-state index is 12.9. The molecular weight excluding hydrogens is 324 g/mol. The quantitative estimate of drug-likeness (QED) is 0.624. The van der Waals surface area contributed by atoms with Crippen LogP contribution in [0.15, 0.2) is 54.1 Å². The highest BCUT2D eigenvalue weighted by Gasteiger charge is 2.35. The number of hydrogen-bond acceptors (Lipinski definition) is 3. The summed E-state index contributed by atoms with van der Waals surface area (Å²) in [6.45, 7) is 4.07. The van der Waals surface area contributed by atoms with Gasteiger partial charge in [0.2, 0.25) is 5.91 Å². The summed E-state index contributed by atoms with van der Waals surface area (Å²) in [6, 6.07) is 15.6. The van der Waals surface area contributed by atoms with Crippen LogP contribution in [0.25, 0.3) is 6.08 Å². The Labute approximate surface area is 153 Å². The summed E-state index contributed by atoms with van der Waals surface area (Å²) in [5, 5.41) is 0. The second kappa shape index (κ2) is 6.79. The number of anilines is 2. The molecule has 0 spiro atoms. The van der Waals surface area contributed by atoms with E-state index >= 15 is 0 Å². The number of amides is 2. The molecule has 0 atom stereocenters. The van der Waals surface area contributed by atoms with Crippen molar-refractivity contribution in [1.29, 1.82) is 0 Å². The Morgan fingerprint density at radius 2 is 1.62 bits per heavy atom. The van der Waals surface area contributed by atoms with E-state index in [2.05, 4.69) is 11.0 Å². The molecule has 2 aromatic carbocycles. The smallest absolute Gasteiger partial charge is 0.261 e. The van der Waals surface area contributed by atoms with Crippen LogP contribution in [0.4, 0.5) is 11.4 Å². The molecule has 2 aliphatic heterocycles. The second-order valence-electron chi connectivity index (χ2n) is 6.97. The summed E-state index contributed by atoms with van der Waals surface area (Å²) in [5.41, 5.74) is 4.45. The van der Waals surface area contributed by atoms with Gasteiger partial charge in [-0.05, 0) is 49.6 Å². The van der Waals surface area contributed by atoms with Crippen molar-refractivity contribution < 1.29 is 9.59 Å². The molecule has 0 unspecified atom stereocenters. The Balaban J connectivity index is 1.66. The van der Waals surface area contributed by atoms with Crippen molar-refractivity contribution in [2.45, 2.75) is 26.2 Å². The van der Waals surface area contributed by atoms with Gasteiger partial charge in [-0.15, -0.1) is 0 Å². The highest BCUT2D eigenvalue weighted by Crippen LogP contribution is 2.31. The Morgan fingerprint density at radius 1 is 0.923 bits per heavy atom. The molecule has 4 heteroatoms. The van der Waals surface area contributed by atoms with Gasteiger partial charge >= 0.3 is 0 Å². The summed E-state index contributed by atoms with van der Waals surface area (Å²) in [7, 11) is 0. The topological polar surface area (TPSA) is 40.6 Å². The SMILES string of the molecule is Cc1ccc(N2C(=O)C/C(=C\c3ccccc3N3CCCC3)C2=O)cc1. The minimum Gasteiger partial charge on any atom is -0.371 e. The molecule has 26 heavy (non-hydrogen) atoms. The van der Waals surface area contributed by atoms with E-state index in [1.165, 1.54) is 17.7 Å². The van der Waals surface area contributed by atoms with Gasteiger partial charge in [-0.25, -0.2) is 4.90 Å². The predicted octanol–water partition coefficient (Wildman–Crippen LogP) is 3.94. The van der Waals surface area contributed by atoms with E-state index in [0.29, 0.717) is 11.3 Å². The molecular formula is C22H22N2O2. The van der Waals surface area contributed by atoms with Gasteiger partial charge in [-0.2, -0.15) is 0 Å². The van der Waals surface area contributed by atoms with E-state index < -0.39 is 0 Å². The Kier molecular flexibility index (Phi) is 4.33. The lowest BCUT2D eigenvalue weighted by atomic mass is 10.1. The molecule has 4 rings (SSSR count). The number of nitrogens with zero attached hydrogens (tertiary/aromatic N) is 2. The number of rotatable bonds is 3. The molecule has 2 amide bonds. The van der Waals surface area contributed by atoms with Crippen molar-refractivity contribution in [2.75, 3.05) is 22.9 Å². The van der Waals surface area contributed by atoms with Crippen molar-refractivity contribution >= 4 is 29.3 Å². The van der Waals surface area contributed by atoms with E-state index in [1.54, 1.807) is 0 Å². The van der Waals surface area contributed by atoms with Crippen LogP contribution < -0.4 is 9.80 Å². The lowest BCUT2D eigenvalue weighted by molar-refractivity contribution is -0.120. The molecule has 0 aliphatic carbocycles. The van der Waals surface area contributed by atoms with E-state index in [-0.39, 0.29) is 18.2 Å². The third kappa shape index (κ3) is 3.03. The molecule has 4 nitrogen and oxygen atoms in total. The first-order valence-electron chi connectivity index (χ1n) is 9.12. The second-order valence-corrected chi connectivity index (χ2v) is 6.97. The molecule has 132 valence electrons. The minimum atomic E-state index is -0.213. The third-order valence-electron chi connectivity index (χ3n) is 5.07. The van der Waals surface area contributed by atoms with Gasteiger partial charge in [0, 0.05) is 24.4 Å². The summed E-state index contributed by atoms with van der Waals surface area (Å²) in [4.78, 5) is 29.0. The van der Waals surface area contributed by atoms with Gasteiger partial charge in [0.05, 0.1) is 12.1 Å². The largest absolute Gasteiger partial charge is 0.371 e. The number of carbonyl (C=O) groups is 2. The van der Waals surface area contributed by atoms with E-state index in [1.807, 2.05) is 55.5 Å². The number of hydrogen-bond donors (Lipinski definition) is 0. The van der Waals surface area contributed by atoms with E-state index in [0.717, 1.165) is 29.9 Å². The fourth-order valence-electron chi connectivity index (χ4n) is 3.69. The van der Waals surface area contributed by atoms with Crippen LogP contribution in [0.5, 0.6) is 0 Å². The van der Waals surface area contributed by atoms with Crippen LogP contribution in [0.3, 0.4) is 0 Å². The fourth-order valence-corrected chi connectivity index (χ4v) is 3.69. The molecule has 2 fully saturated rings. The molecule has 0 bridgehead atoms. The van der Waals surface area contributed by atoms with E-state index in [9.17, 15) is 9.59 Å². The zero-order valence-corrected chi connectivity index (χ0v) is 14.9. The van der Waals surface area contributed by atoms with Crippen LogP contribution in [0.1, 0.15) is 30.4 Å². The average Bonchev–Trinajstić information content (AvgIpc) is 3.26. The minimum absolute atomic E-state index is 0.154. The number of benzene rings is 2. The van der Waals surface area contributed by atoms with E-state index in [4.69, 9.17) is 0 Å². The number of para-hydroxylation sites is 1. The van der Waals surface area contributed by atoms with Crippen LogP contribution in [0.2, 0.25) is 0 Å². The van der Waals surface area contributed by atoms with Crippen LogP contribution in [0, 0.1) is 6.92 Å². The van der Waals surface area contributed by atoms with Crippen molar-refractivity contribution in [2.24, 2.45) is 0 Å². The molecule has 2 aliphatic rings. The Hall–Kier alpha value is -2.88. The average molecular weight is 346 g/mol. The maximum absolute atomic E-state index is 12.9. The summed E-state index contributed by atoms with van der Waals surface area (Å²) >= 11 is 0. The number of imide groups is 1. The van der Waals surface area contributed by atoms with Crippen LogP contribution in [-0.4, -0.2) is 24.9 Å². The standard InChI is InChI=1S/C22H22N2O2/c1-16-8-10-19(11-9-16)24-21(25)15-18(22(24)26)14-17-6-2-3-7-20(17)23-12-4-5-13-23/h2-3,6-11,14H,4-5,12-13,15H2,1H3/b18-14+. The lowest BCUT2D eigenvalue weighted by Crippen LogP contribution is -2.28. The van der Waals surface area contributed by atoms with Crippen molar-refractivity contribution in [3.63, 3.8) is 0 Å². The summed E-state index contributed by atoms with van der Waals surface area (Å²) in [6.07, 6.45) is 4.44. The maximum Gasteiger partial charge on any atom is 0.261 e. The third-order valence-corrected chi connectivity index (χ3v) is 5.07. The zero-order valence-electron chi connectivity index (χ0n) is 14.9. The highest BCUT2D eigenvalue weighted by atomic mass is 16.2. The van der Waals surface area contributed by atoms with Gasteiger partial charge < -0.3 is 4.90 Å². The van der Waals surface area contributed by atoms with Crippen molar-refractivity contribution in [3.8, 4) is 0 Å². The first-order valence-corrected chi connectivity index (χ1v) is 9.12. The van der Waals surface area contributed by atoms with Gasteiger partial charge in [-0.3, -0.25) is 9.59 Å². The molecule has 0 aromatic heterocycles. The summed E-state index contributed by atoms with van der Waals surface area (Å²) in [5.74, 6) is -0.376. The van der Waals surface area contributed by atoms with Gasteiger partial charge in [-0.1, -0.05) is 35.9 Å². The van der Waals surface area contributed by atoms with Gasteiger partial charge in [0.1, 0.15) is 0 Å². The normalized spacial score (nSPS) is 19.0. The highest BCUT2D eigenvalue weighted by molar-refractivity contribution is 6.29. The zero-order chi connectivity index (χ0) is 18.1. The molecule has 0 radical (unpaired) electrons. The molecule has 2 heterocycles. The number of carbonyl (C=O) groups excluding carboxylic acids is 2. The molecule has 0 N–H and O–H groups in total. The summed E-state index contributed by atoms with van der Waals surface area (Å²) < 4.78 is 0. The predicted molar refractivity (Wildman–Crippen MR) is 104 cm³/mol. The first-order chi connectivity index (χ1) is 12.6. The monoisotopic (exact) mass is 346 g/mol. The van der Waals surface area contributed by atoms with Crippen molar-refractivity contribution in [1.82, 2.24) is 0 Å². The Bertz CT molecular complexity index is 877. The van der Waals surface area contributed by atoms with Gasteiger partial charge in [0.25, 0.3) is 5.91 Å². The number of aryl methyl sites for hydroxylation is 1. The van der Waals surface area contributed by atoms with Crippen LogP contribution >= 0.6 is 0 Å². The van der Waals surface area contributed by atoms with Crippen molar-refractivity contribution in [3.05, 3.63) is 65.2 Å². The first kappa shape index (κ1) is 16.6. The molecule has 2 aromatic rings. The fraction of sp³-hybridized carbons (Fsp3) is 0.273. The molecule has 2 saturated heterocycles. The van der Waals surface area contributed by atoms with Gasteiger partial charge in [0.15, 0.2) is 0 Å². The lowest BCUT2D eigenvalue weighted by Gasteiger charge is -2.20. The Morgan fingerprint density at radius 3 is 2.35 bits per heavy atom.